The lowest BCUT2D eigenvalue weighted by Gasteiger charge is -2.59. The lowest BCUT2D eigenvalue weighted by molar-refractivity contribution is -0.0672. The van der Waals surface area contributed by atoms with Gasteiger partial charge in [-0.3, -0.25) is 0 Å². The molecule has 0 aromatic rings. The summed E-state index contributed by atoms with van der Waals surface area (Å²) < 4.78 is 5.05. The molecule has 4 saturated carbocycles. The number of hydrogen-bond donors (Lipinski definition) is 2. The van der Waals surface area contributed by atoms with Gasteiger partial charge in [0.25, 0.3) is 0 Å². The zero-order chi connectivity index (χ0) is 14.2. The first-order valence-electron chi connectivity index (χ1n) is 8.14. The molecule has 4 rings (SSSR count). The first-order chi connectivity index (χ1) is 9.61. The van der Waals surface area contributed by atoms with E-state index in [4.69, 9.17) is 17.0 Å². The lowest BCUT2D eigenvalue weighted by Crippen LogP contribution is -2.57. The van der Waals surface area contributed by atoms with Crippen molar-refractivity contribution in [1.82, 2.24) is 10.6 Å². The summed E-state index contributed by atoms with van der Waals surface area (Å²) in [5.74, 6) is 3.00. The van der Waals surface area contributed by atoms with Crippen LogP contribution in [0.1, 0.15) is 45.4 Å². The van der Waals surface area contributed by atoms with E-state index in [1.54, 1.807) is 7.11 Å². The van der Waals surface area contributed by atoms with E-state index in [2.05, 4.69) is 17.6 Å². The summed E-state index contributed by atoms with van der Waals surface area (Å²) in [4.78, 5) is 0. The van der Waals surface area contributed by atoms with Gasteiger partial charge in [0.15, 0.2) is 5.11 Å². The molecule has 1 unspecified atom stereocenters. The Morgan fingerprint density at radius 3 is 2.25 bits per heavy atom. The quantitative estimate of drug-likeness (QED) is 0.604. The maximum atomic E-state index is 5.42. The maximum Gasteiger partial charge on any atom is 0.166 e. The third-order valence-corrected chi connectivity index (χ3v) is 6.21. The van der Waals surface area contributed by atoms with Crippen LogP contribution in [0.2, 0.25) is 0 Å². The van der Waals surface area contributed by atoms with E-state index in [1.165, 1.54) is 38.5 Å². The molecule has 0 heterocycles. The van der Waals surface area contributed by atoms with Gasteiger partial charge < -0.3 is 15.4 Å². The van der Waals surface area contributed by atoms with Crippen LogP contribution in [0.15, 0.2) is 0 Å². The largest absolute Gasteiger partial charge is 0.383 e. The fraction of sp³-hybridized carbons (Fsp3) is 0.938. The normalized spacial score (nSPS) is 39.6. The van der Waals surface area contributed by atoms with Crippen LogP contribution in [0.25, 0.3) is 0 Å². The second-order valence-corrected chi connectivity index (χ2v) is 7.80. The molecule has 4 aliphatic rings. The standard InChI is InChI=1S/C16H28N2OS/c1-11(18-15(20)17-3-4-19-2)16-8-12-5-13(9-16)7-14(6-12)10-16/h11-14H,3-10H2,1-2H3,(H2,17,18,20). The van der Waals surface area contributed by atoms with E-state index in [9.17, 15) is 0 Å². The van der Waals surface area contributed by atoms with Crippen LogP contribution in [0.4, 0.5) is 0 Å². The molecule has 2 N–H and O–H groups in total. The molecule has 4 aliphatic carbocycles. The molecule has 0 aliphatic heterocycles. The van der Waals surface area contributed by atoms with Crippen molar-refractivity contribution in [2.24, 2.45) is 23.2 Å². The number of hydrogen-bond acceptors (Lipinski definition) is 2. The van der Waals surface area contributed by atoms with Gasteiger partial charge in [-0.2, -0.15) is 0 Å². The molecule has 20 heavy (non-hydrogen) atoms. The Kier molecular flexibility index (Phi) is 4.23. The van der Waals surface area contributed by atoms with E-state index in [0.717, 1.165) is 29.4 Å². The second-order valence-electron chi connectivity index (χ2n) is 7.39. The minimum absolute atomic E-state index is 0.499. The summed E-state index contributed by atoms with van der Waals surface area (Å²) >= 11 is 5.42. The highest BCUT2D eigenvalue weighted by Gasteiger charge is 2.53. The Hall–Kier alpha value is -0.350. The van der Waals surface area contributed by atoms with Crippen LogP contribution in [-0.2, 0) is 4.74 Å². The van der Waals surface area contributed by atoms with Gasteiger partial charge in [0.05, 0.1) is 6.61 Å². The smallest absolute Gasteiger partial charge is 0.166 e. The lowest BCUT2D eigenvalue weighted by atomic mass is 9.48. The highest BCUT2D eigenvalue weighted by molar-refractivity contribution is 7.80. The Morgan fingerprint density at radius 2 is 1.75 bits per heavy atom. The topological polar surface area (TPSA) is 33.3 Å². The van der Waals surface area contributed by atoms with Crippen LogP contribution >= 0.6 is 12.2 Å². The molecule has 4 heteroatoms. The molecule has 3 nitrogen and oxygen atoms in total. The predicted molar refractivity (Wildman–Crippen MR) is 85.7 cm³/mol. The fourth-order valence-corrected chi connectivity index (χ4v) is 5.65. The summed E-state index contributed by atoms with van der Waals surface area (Å²) in [5.41, 5.74) is 0.516. The van der Waals surface area contributed by atoms with Gasteiger partial charge in [0, 0.05) is 19.7 Å². The first kappa shape index (κ1) is 14.6. The Bertz CT molecular complexity index is 336. The van der Waals surface area contributed by atoms with Crippen molar-refractivity contribution in [3.63, 3.8) is 0 Å². The molecule has 0 aromatic carbocycles. The van der Waals surface area contributed by atoms with Crippen LogP contribution < -0.4 is 10.6 Å². The minimum Gasteiger partial charge on any atom is -0.383 e. The summed E-state index contributed by atoms with van der Waals surface area (Å²) in [6.07, 6.45) is 8.78. The first-order valence-corrected chi connectivity index (χ1v) is 8.55. The third-order valence-electron chi connectivity index (χ3n) is 5.94. The zero-order valence-electron chi connectivity index (χ0n) is 12.8. The van der Waals surface area contributed by atoms with Gasteiger partial charge in [-0.1, -0.05) is 0 Å². The van der Waals surface area contributed by atoms with Gasteiger partial charge in [-0.05, 0) is 80.8 Å². The molecule has 114 valence electrons. The van der Waals surface area contributed by atoms with Crippen molar-refractivity contribution in [3.8, 4) is 0 Å². The van der Waals surface area contributed by atoms with E-state index in [-0.39, 0.29) is 0 Å². The van der Waals surface area contributed by atoms with Gasteiger partial charge in [-0.15, -0.1) is 0 Å². The Labute approximate surface area is 128 Å². The summed E-state index contributed by atoms with van der Waals surface area (Å²) in [6.45, 7) is 3.83. The van der Waals surface area contributed by atoms with Crippen LogP contribution in [0, 0.1) is 23.2 Å². The fourth-order valence-electron chi connectivity index (χ4n) is 5.38. The maximum absolute atomic E-state index is 5.42. The molecule has 4 fully saturated rings. The Morgan fingerprint density at radius 1 is 1.20 bits per heavy atom. The molecular weight excluding hydrogens is 268 g/mol. The molecular formula is C16H28N2OS. The molecule has 0 spiro atoms. The van der Waals surface area contributed by atoms with E-state index >= 15 is 0 Å². The zero-order valence-corrected chi connectivity index (χ0v) is 13.6. The summed E-state index contributed by atoms with van der Waals surface area (Å²) in [7, 11) is 1.72. The number of nitrogens with one attached hydrogen (secondary N) is 2. The van der Waals surface area contributed by atoms with Gasteiger partial charge >= 0.3 is 0 Å². The minimum atomic E-state index is 0.499. The second kappa shape index (κ2) is 5.80. The molecule has 1 atom stereocenters. The predicted octanol–water partition coefficient (Wildman–Crippen LogP) is 2.70. The van der Waals surface area contributed by atoms with Crippen LogP contribution in [-0.4, -0.2) is 31.4 Å². The Balaban J connectivity index is 1.56. The SMILES string of the molecule is COCCNC(=S)NC(C)C12CC3CC(CC(C3)C1)C2. The molecule has 0 radical (unpaired) electrons. The van der Waals surface area contributed by atoms with Gasteiger partial charge in [0.2, 0.25) is 0 Å². The van der Waals surface area contributed by atoms with Crippen molar-refractivity contribution < 1.29 is 4.74 Å². The van der Waals surface area contributed by atoms with Crippen molar-refractivity contribution >= 4 is 17.3 Å². The van der Waals surface area contributed by atoms with Crippen LogP contribution in [0.5, 0.6) is 0 Å². The average Bonchev–Trinajstić information content (AvgIpc) is 2.37. The van der Waals surface area contributed by atoms with E-state index in [0.29, 0.717) is 18.1 Å². The number of rotatable bonds is 5. The van der Waals surface area contributed by atoms with E-state index < -0.39 is 0 Å². The van der Waals surface area contributed by atoms with Gasteiger partial charge in [-0.25, -0.2) is 0 Å². The van der Waals surface area contributed by atoms with E-state index in [1.807, 2.05) is 0 Å². The number of methoxy groups -OCH3 is 1. The van der Waals surface area contributed by atoms with Gasteiger partial charge in [0.1, 0.15) is 0 Å². The molecule has 0 saturated heterocycles. The average molecular weight is 296 g/mol. The van der Waals surface area contributed by atoms with Crippen LogP contribution in [0.3, 0.4) is 0 Å². The van der Waals surface area contributed by atoms with Crippen molar-refractivity contribution in [2.75, 3.05) is 20.3 Å². The number of ether oxygens (including phenoxy) is 1. The van der Waals surface area contributed by atoms with Crippen molar-refractivity contribution in [3.05, 3.63) is 0 Å². The molecule has 4 bridgehead atoms. The number of thiocarbonyl (C=S) groups is 1. The van der Waals surface area contributed by atoms with Crippen molar-refractivity contribution in [2.45, 2.75) is 51.5 Å². The highest BCUT2D eigenvalue weighted by Crippen LogP contribution is 2.61. The van der Waals surface area contributed by atoms with Crippen molar-refractivity contribution in [1.29, 1.82) is 0 Å². The third kappa shape index (κ3) is 2.82. The summed E-state index contributed by atoms with van der Waals surface area (Å²) in [5, 5.41) is 7.60. The molecule has 0 amide bonds. The molecule has 0 aromatic heterocycles. The monoisotopic (exact) mass is 296 g/mol. The summed E-state index contributed by atoms with van der Waals surface area (Å²) in [6, 6.07) is 0.499. The highest BCUT2D eigenvalue weighted by atomic mass is 32.1.